The van der Waals surface area contributed by atoms with E-state index in [1.54, 1.807) is 6.20 Å². The van der Waals surface area contributed by atoms with E-state index in [2.05, 4.69) is 29.2 Å². The van der Waals surface area contributed by atoms with E-state index in [1.165, 1.54) is 0 Å². The minimum atomic E-state index is 0.103. The Bertz CT molecular complexity index is 1230. The summed E-state index contributed by atoms with van der Waals surface area (Å²) in [5.74, 6) is 0.103. The molecule has 0 saturated carbocycles. The first kappa shape index (κ1) is 17.6. The number of rotatable bonds is 4. The first-order chi connectivity index (χ1) is 14.2. The molecule has 142 valence electrons. The molecule has 3 heterocycles. The van der Waals surface area contributed by atoms with Gasteiger partial charge in [0.1, 0.15) is 0 Å². The van der Waals surface area contributed by atoms with Crippen molar-refractivity contribution in [2.45, 2.75) is 19.9 Å². The second-order valence-electron chi connectivity index (χ2n) is 7.50. The van der Waals surface area contributed by atoms with E-state index in [1.807, 2.05) is 54.3 Å². The molecule has 0 fully saturated rings. The summed E-state index contributed by atoms with van der Waals surface area (Å²) in [7, 11) is 0. The number of para-hydroxylation sites is 1. The van der Waals surface area contributed by atoms with Crippen LogP contribution in [0, 0.1) is 6.92 Å². The third kappa shape index (κ3) is 3.27. The maximum atomic E-state index is 13.2. The van der Waals surface area contributed by atoms with E-state index in [0.29, 0.717) is 13.1 Å². The van der Waals surface area contributed by atoms with Crippen molar-refractivity contribution in [2.75, 3.05) is 6.54 Å². The highest BCUT2D eigenvalue weighted by molar-refractivity contribution is 6.04. The topological polar surface area (TPSA) is 46.1 Å². The van der Waals surface area contributed by atoms with Crippen molar-refractivity contribution in [3.63, 3.8) is 0 Å². The lowest BCUT2D eigenvalue weighted by Crippen LogP contribution is -2.26. The monoisotopic (exact) mass is 379 g/mol. The van der Waals surface area contributed by atoms with E-state index < -0.39 is 0 Å². The Labute approximate surface area is 169 Å². The Morgan fingerprint density at radius 3 is 2.79 bits per heavy atom. The average Bonchev–Trinajstić information content (AvgIpc) is 3.08. The van der Waals surface area contributed by atoms with Crippen LogP contribution in [0.5, 0.6) is 0 Å². The zero-order valence-corrected chi connectivity index (χ0v) is 16.3. The summed E-state index contributed by atoms with van der Waals surface area (Å²) in [4.78, 5) is 24.1. The molecule has 4 aromatic rings. The largest absolute Gasteiger partial charge is 0.334 e. The van der Waals surface area contributed by atoms with Gasteiger partial charge in [-0.1, -0.05) is 42.5 Å². The molecule has 2 aromatic carbocycles. The van der Waals surface area contributed by atoms with Gasteiger partial charge < -0.3 is 4.90 Å². The average molecular weight is 379 g/mol. The lowest BCUT2D eigenvalue weighted by Gasteiger charge is -2.15. The van der Waals surface area contributed by atoms with E-state index in [4.69, 9.17) is 4.98 Å². The molecule has 0 radical (unpaired) electrons. The van der Waals surface area contributed by atoms with Gasteiger partial charge in [0, 0.05) is 42.5 Å². The van der Waals surface area contributed by atoms with E-state index >= 15 is 0 Å². The third-order valence-electron chi connectivity index (χ3n) is 5.51. The van der Waals surface area contributed by atoms with Crippen LogP contribution in [0.1, 0.15) is 27.3 Å². The summed E-state index contributed by atoms with van der Waals surface area (Å²) in [5.41, 5.74) is 6.90. The van der Waals surface area contributed by atoms with Crippen LogP contribution >= 0.6 is 0 Å². The number of hydrogen-bond donors (Lipinski definition) is 0. The molecule has 0 spiro atoms. The quantitative estimate of drug-likeness (QED) is 0.511. The number of hydrogen-bond acceptors (Lipinski definition) is 3. The number of amides is 1. The Hall–Kier alpha value is -3.53. The Morgan fingerprint density at radius 2 is 1.90 bits per heavy atom. The van der Waals surface area contributed by atoms with Gasteiger partial charge in [-0.3, -0.25) is 14.8 Å². The number of aryl methyl sites for hydroxylation is 1. The fourth-order valence-corrected chi connectivity index (χ4v) is 4.05. The minimum Gasteiger partial charge on any atom is -0.334 e. The van der Waals surface area contributed by atoms with Crippen LogP contribution in [0.15, 0.2) is 72.9 Å². The Morgan fingerprint density at radius 1 is 1.00 bits per heavy atom. The van der Waals surface area contributed by atoms with Crippen LogP contribution < -0.4 is 0 Å². The SMILES string of the molecule is Cc1cc(-c2cccc3c2C(=O)N(CCc2ccc4ccccc4n2)C3)ccn1. The van der Waals surface area contributed by atoms with Crippen molar-refractivity contribution in [1.29, 1.82) is 0 Å². The second kappa shape index (κ2) is 7.13. The lowest BCUT2D eigenvalue weighted by atomic mass is 9.97. The van der Waals surface area contributed by atoms with Crippen molar-refractivity contribution in [2.24, 2.45) is 0 Å². The van der Waals surface area contributed by atoms with Crippen LogP contribution in [0.3, 0.4) is 0 Å². The highest BCUT2D eigenvalue weighted by Crippen LogP contribution is 2.32. The molecule has 29 heavy (non-hydrogen) atoms. The summed E-state index contributed by atoms with van der Waals surface area (Å²) in [5, 5.41) is 1.14. The molecule has 4 nitrogen and oxygen atoms in total. The molecule has 0 saturated heterocycles. The van der Waals surface area contributed by atoms with Crippen molar-refractivity contribution < 1.29 is 4.79 Å². The van der Waals surface area contributed by atoms with Crippen molar-refractivity contribution in [3.8, 4) is 11.1 Å². The first-order valence-corrected chi connectivity index (χ1v) is 9.88. The Kier molecular flexibility index (Phi) is 4.32. The highest BCUT2D eigenvalue weighted by atomic mass is 16.2. The van der Waals surface area contributed by atoms with Gasteiger partial charge in [-0.15, -0.1) is 0 Å². The molecule has 1 aliphatic heterocycles. The maximum absolute atomic E-state index is 13.2. The third-order valence-corrected chi connectivity index (χ3v) is 5.51. The number of nitrogens with zero attached hydrogens (tertiary/aromatic N) is 3. The van der Waals surface area contributed by atoms with Gasteiger partial charge in [0.15, 0.2) is 0 Å². The summed E-state index contributed by atoms with van der Waals surface area (Å²) in [6.07, 6.45) is 2.54. The standard InChI is InChI=1S/C25H21N3O/c1-17-15-19(11-13-26-17)22-7-4-6-20-16-28(25(29)24(20)22)14-12-21-10-9-18-5-2-3-8-23(18)27-21/h2-11,13,15H,12,14,16H2,1H3. The predicted molar refractivity (Wildman–Crippen MR) is 115 cm³/mol. The number of pyridine rings is 2. The van der Waals surface area contributed by atoms with Crippen LogP contribution in [-0.4, -0.2) is 27.3 Å². The van der Waals surface area contributed by atoms with E-state index in [-0.39, 0.29) is 5.91 Å². The number of aromatic nitrogens is 2. The Balaban J connectivity index is 1.38. The molecule has 0 N–H and O–H groups in total. The molecule has 1 amide bonds. The van der Waals surface area contributed by atoms with Gasteiger partial charge in [-0.2, -0.15) is 0 Å². The van der Waals surface area contributed by atoms with Crippen LogP contribution in [0.25, 0.3) is 22.0 Å². The predicted octanol–water partition coefficient (Wildman–Crippen LogP) is 4.80. The molecule has 0 bridgehead atoms. The molecule has 0 aliphatic carbocycles. The molecule has 5 rings (SSSR count). The smallest absolute Gasteiger partial charge is 0.255 e. The van der Waals surface area contributed by atoms with Gasteiger partial charge >= 0.3 is 0 Å². The minimum absolute atomic E-state index is 0.103. The number of carbonyl (C=O) groups is 1. The summed E-state index contributed by atoms with van der Waals surface area (Å²) in [6.45, 7) is 3.28. The van der Waals surface area contributed by atoms with Crippen LogP contribution in [0.4, 0.5) is 0 Å². The summed E-state index contributed by atoms with van der Waals surface area (Å²) < 4.78 is 0. The van der Waals surface area contributed by atoms with Gasteiger partial charge in [-0.25, -0.2) is 0 Å². The first-order valence-electron chi connectivity index (χ1n) is 9.88. The highest BCUT2D eigenvalue weighted by Gasteiger charge is 2.29. The fraction of sp³-hybridized carbons (Fsp3) is 0.160. The second-order valence-corrected chi connectivity index (χ2v) is 7.50. The maximum Gasteiger partial charge on any atom is 0.255 e. The molecule has 1 aliphatic rings. The van der Waals surface area contributed by atoms with Crippen LogP contribution in [0.2, 0.25) is 0 Å². The molecular weight excluding hydrogens is 358 g/mol. The van der Waals surface area contributed by atoms with E-state index in [9.17, 15) is 4.79 Å². The normalized spacial score (nSPS) is 13.1. The van der Waals surface area contributed by atoms with Gasteiger partial charge in [-0.05, 0) is 47.9 Å². The zero-order valence-electron chi connectivity index (χ0n) is 16.3. The molecule has 0 unspecified atom stereocenters. The van der Waals surface area contributed by atoms with Crippen molar-refractivity contribution in [3.05, 3.63) is 95.4 Å². The molecule has 4 heteroatoms. The van der Waals surface area contributed by atoms with Gasteiger partial charge in [0.2, 0.25) is 0 Å². The van der Waals surface area contributed by atoms with Crippen molar-refractivity contribution >= 4 is 16.8 Å². The number of carbonyl (C=O) groups excluding carboxylic acids is 1. The number of fused-ring (bicyclic) bond motifs is 2. The number of benzene rings is 2. The van der Waals surface area contributed by atoms with Crippen molar-refractivity contribution in [1.82, 2.24) is 14.9 Å². The summed E-state index contributed by atoms with van der Waals surface area (Å²) >= 11 is 0. The van der Waals surface area contributed by atoms with Crippen LogP contribution in [-0.2, 0) is 13.0 Å². The zero-order chi connectivity index (χ0) is 19.8. The summed E-state index contributed by atoms with van der Waals surface area (Å²) in [6, 6.07) is 22.4. The lowest BCUT2D eigenvalue weighted by molar-refractivity contribution is 0.0780. The van der Waals surface area contributed by atoms with Gasteiger partial charge in [0.25, 0.3) is 5.91 Å². The molecular formula is C25H21N3O. The van der Waals surface area contributed by atoms with E-state index in [0.717, 1.165) is 51.0 Å². The fourth-order valence-electron chi connectivity index (χ4n) is 4.05. The molecule has 0 atom stereocenters. The molecule has 2 aromatic heterocycles. The van der Waals surface area contributed by atoms with Gasteiger partial charge in [0.05, 0.1) is 11.1 Å².